The average molecular weight is 410 g/mol. The van der Waals surface area contributed by atoms with E-state index in [9.17, 15) is 4.79 Å². The average Bonchev–Trinajstić information content (AvgIpc) is 3.03. The number of benzene rings is 2. The van der Waals surface area contributed by atoms with Crippen molar-refractivity contribution < 1.29 is 14.3 Å². The summed E-state index contributed by atoms with van der Waals surface area (Å²) in [6.07, 6.45) is 1.88. The van der Waals surface area contributed by atoms with Crippen LogP contribution in [0.25, 0.3) is 6.08 Å². The summed E-state index contributed by atoms with van der Waals surface area (Å²) in [7, 11) is 3.39. The molecule has 150 valence electrons. The second kappa shape index (κ2) is 8.71. The molecule has 2 aromatic carbocycles. The third-order valence-electron chi connectivity index (χ3n) is 4.87. The van der Waals surface area contributed by atoms with Crippen molar-refractivity contribution in [3.8, 4) is 5.75 Å². The molecule has 0 bridgehead atoms. The van der Waals surface area contributed by atoms with E-state index in [4.69, 9.17) is 9.47 Å². The van der Waals surface area contributed by atoms with E-state index in [0.717, 1.165) is 43.3 Å². The Balaban J connectivity index is 1.50. The fourth-order valence-electron chi connectivity index (χ4n) is 3.17. The third-order valence-corrected chi connectivity index (χ3v) is 5.93. The van der Waals surface area contributed by atoms with E-state index in [-0.39, 0.29) is 5.91 Å². The fourth-order valence-corrected chi connectivity index (χ4v) is 4.16. The molecule has 2 heterocycles. The summed E-state index contributed by atoms with van der Waals surface area (Å²) >= 11 is 1.39. The number of carbonyl (C=O) groups excluding carboxylic acids is 1. The van der Waals surface area contributed by atoms with Crippen molar-refractivity contribution in [3.05, 3.63) is 59.0 Å². The summed E-state index contributed by atoms with van der Waals surface area (Å²) in [6.45, 7) is 3.33. The highest BCUT2D eigenvalue weighted by Crippen LogP contribution is 2.33. The predicted octanol–water partition coefficient (Wildman–Crippen LogP) is 3.77. The molecular formula is C22H23N3O3S. The number of nitrogens with zero attached hydrogens (tertiary/aromatic N) is 3. The summed E-state index contributed by atoms with van der Waals surface area (Å²) in [6, 6.07) is 15.7. The van der Waals surface area contributed by atoms with Crippen LogP contribution in [0.4, 0.5) is 11.4 Å². The van der Waals surface area contributed by atoms with E-state index >= 15 is 0 Å². The zero-order valence-electron chi connectivity index (χ0n) is 16.5. The Hall–Kier alpha value is -2.77. The van der Waals surface area contributed by atoms with E-state index < -0.39 is 0 Å². The molecule has 29 heavy (non-hydrogen) atoms. The van der Waals surface area contributed by atoms with Gasteiger partial charge in [-0.25, -0.2) is 4.99 Å². The Kier molecular flexibility index (Phi) is 5.87. The first-order valence-corrected chi connectivity index (χ1v) is 10.3. The van der Waals surface area contributed by atoms with Crippen LogP contribution in [0.1, 0.15) is 5.56 Å². The number of amides is 1. The Morgan fingerprint density at radius 2 is 1.76 bits per heavy atom. The molecule has 2 aromatic rings. The van der Waals surface area contributed by atoms with Crippen molar-refractivity contribution in [3.63, 3.8) is 0 Å². The lowest BCUT2D eigenvalue weighted by Crippen LogP contribution is -2.36. The first-order valence-electron chi connectivity index (χ1n) is 9.47. The summed E-state index contributed by atoms with van der Waals surface area (Å²) in [5.41, 5.74) is 2.95. The van der Waals surface area contributed by atoms with Crippen LogP contribution < -0.4 is 9.64 Å². The van der Waals surface area contributed by atoms with Gasteiger partial charge >= 0.3 is 0 Å². The maximum Gasteiger partial charge on any atom is 0.266 e. The van der Waals surface area contributed by atoms with Gasteiger partial charge in [0, 0.05) is 25.8 Å². The second-order valence-electron chi connectivity index (χ2n) is 6.76. The maximum atomic E-state index is 12.6. The van der Waals surface area contributed by atoms with E-state index in [1.165, 1.54) is 17.4 Å². The molecule has 6 nitrogen and oxygen atoms in total. The molecule has 0 unspecified atom stereocenters. The van der Waals surface area contributed by atoms with Crippen molar-refractivity contribution in [1.29, 1.82) is 0 Å². The van der Waals surface area contributed by atoms with Gasteiger partial charge in [0.25, 0.3) is 5.91 Å². The van der Waals surface area contributed by atoms with Gasteiger partial charge in [-0.15, -0.1) is 0 Å². The molecule has 0 radical (unpaired) electrons. The number of hydrogen-bond acceptors (Lipinski definition) is 6. The van der Waals surface area contributed by atoms with Crippen LogP contribution in [-0.2, 0) is 9.53 Å². The van der Waals surface area contributed by atoms with Gasteiger partial charge in [0.1, 0.15) is 5.75 Å². The highest BCUT2D eigenvalue weighted by molar-refractivity contribution is 8.18. The Labute approximate surface area is 174 Å². The van der Waals surface area contributed by atoms with Gasteiger partial charge in [-0.1, -0.05) is 12.1 Å². The monoisotopic (exact) mass is 409 g/mol. The lowest BCUT2D eigenvalue weighted by molar-refractivity contribution is -0.121. The molecule has 0 atom stereocenters. The smallest absolute Gasteiger partial charge is 0.266 e. The largest absolute Gasteiger partial charge is 0.497 e. The molecule has 4 rings (SSSR count). The van der Waals surface area contributed by atoms with Crippen LogP contribution in [0.15, 0.2) is 58.4 Å². The lowest BCUT2D eigenvalue weighted by Gasteiger charge is -2.28. The summed E-state index contributed by atoms with van der Waals surface area (Å²) in [5, 5.41) is 0.675. The van der Waals surface area contributed by atoms with Crippen molar-refractivity contribution in [2.75, 3.05) is 45.4 Å². The molecule has 2 aliphatic heterocycles. The molecular weight excluding hydrogens is 386 g/mol. The first-order chi connectivity index (χ1) is 14.1. The van der Waals surface area contributed by atoms with Crippen molar-refractivity contribution >= 4 is 40.3 Å². The molecule has 1 amide bonds. The van der Waals surface area contributed by atoms with Crippen molar-refractivity contribution in [2.45, 2.75) is 0 Å². The second-order valence-corrected chi connectivity index (χ2v) is 7.77. The fraction of sp³-hybridized carbons (Fsp3) is 0.273. The van der Waals surface area contributed by atoms with Gasteiger partial charge in [0.2, 0.25) is 0 Å². The standard InChI is InChI=1S/C22H23N3O3S/c1-24-21(26)20(15-16-3-9-19(27-2)10-4-16)29-22(24)23-17-5-7-18(8-6-17)25-11-13-28-14-12-25/h3-10,15H,11-14H2,1-2H3/b20-15-,23-22?. The number of amidine groups is 1. The SMILES string of the molecule is COc1ccc(/C=C2\SC(=Nc3ccc(N4CCOCC4)cc3)N(C)C2=O)cc1. The zero-order chi connectivity index (χ0) is 20.2. The Bertz CT molecular complexity index is 933. The van der Waals surface area contributed by atoms with E-state index in [1.807, 2.05) is 42.5 Å². The van der Waals surface area contributed by atoms with Crippen LogP contribution in [0, 0.1) is 0 Å². The van der Waals surface area contributed by atoms with Gasteiger partial charge in [-0.3, -0.25) is 9.69 Å². The van der Waals surface area contributed by atoms with Crippen LogP contribution in [0.5, 0.6) is 5.75 Å². The number of thioether (sulfide) groups is 1. The summed E-state index contributed by atoms with van der Waals surface area (Å²) in [4.78, 5) is 21.8. The van der Waals surface area contributed by atoms with Gasteiger partial charge in [-0.2, -0.15) is 0 Å². The minimum atomic E-state index is -0.0468. The lowest BCUT2D eigenvalue weighted by atomic mass is 10.2. The van der Waals surface area contributed by atoms with Crippen LogP contribution in [0.2, 0.25) is 0 Å². The van der Waals surface area contributed by atoms with Crippen molar-refractivity contribution in [1.82, 2.24) is 4.90 Å². The van der Waals surface area contributed by atoms with E-state index in [2.05, 4.69) is 22.0 Å². The highest BCUT2D eigenvalue weighted by atomic mass is 32.2. The van der Waals surface area contributed by atoms with Gasteiger partial charge in [-0.05, 0) is 59.8 Å². The molecule has 0 aromatic heterocycles. The van der Waals surface area contributed by atoms with Gasteiger partial charge < -0.3 is 14.4 Å². The summed E-state index contributed by atoms with van der Waals surface area (Å²) < 4.78 is 10.6. The third kappa shape index (κ3) is 4.46. The Morgan fingerprint density at radius 3 is 2.41 bits per heavy atom. The van der Waals surface area contributed by atoms with E-state index in [0.29, 0.717) is 10.1 Å². The normalized spacial score (nSPS) is 20.0. The topological polar surface area (TPSA) is 54.4 Å². The Morgan fingerprint density at radius 1 is 1.07 bits per heavy atom. The molecule has 7 heteroatoms. The predicted molar refractivity (Wildman–Crippen MR) is 118 cm³/mol. The number of rotatable bonds is 4. The quantitative estimate of drug-likeness (QED) is 0.720. The number of methoxy groups -OCH3 is 1. The maximum absolute atomic E-state index is 12.6. The molecule has 2 fully saturated rings. The van der Waals surface area contributed by atoms with Gasteiger partial charge in [0.05, 0.1) is 30.9 Å². The number of likely N-dealkylation sites (N-methyl/N-ethyl adjacent to an activating group) is 1. The molecule has 0 saturated carbocycles. The number of anilines is 1. The van der Waals surface area contributed by atoms with Gasteiger partial charge in [0.15, 0.2) is 5.17 Å². The van der Waals surface area contributed by atoms with E-state index in [1.54, 1.807) is 19.1 Å². The number of ether oxygens (including phenoxy) is 2. The van der Waals surface area contributed by atoms with Crippen LogP contribution >= 0.6 is 11.8 Å². The number of aliphatic imine (C=N–C) groups is 1. The van der Waals surface area contributed by atoms with Crippen LogP contribution in [0.3, 0.4) is 0 Å². The molecule has 2 aliphatic rings. The molecule has 2 saturated heterocycles. The first kappa shape index (κ1) is 19.5. The number of carbonyl (C=O) groups is 1. The summed E-state index contributed by atoms with van der Waals surface area (Å²) in [5.74, 6) is 0.743. The molecule has 0 aliphatic carbocycles. The van der Waals surface area contributed by atoms with Crippen molar-refractivity contribution in [2.24, 2.45) is 4.99 Å². The van der Waals surface area contributed by atoms with Crippen LogP contribution in [-0.4, -0.2) is 56.4 Å². The highest BCUT2D eigenvalue weighted by Gasteiger charge is 2.30. The zero-order valence-corrected chi connectivity index (χ0v) is 17.3. The minimum absolute atomic E-state index is 0.0468. The molecule has 0 N–H and O–H groups in total. The number of hydrogen-bond donors (Lipinski definition) is 0. The molecule has 0 spiro atoms. The minimum Gasteiger partial charge on any atom is -0.497 e. The number of morpholine rings is 1.